The second kappa shape index (κ2) is 6.13. The molecule has 1 fully saturated rings. The molecule has 3 heteroatoms. The molecule has 0 radical (unpaired) electrons. The van der Waals surface area contributed by atoms with Gasteiger partial charge in [0.1, 0.15) is 0 Å². The fraction of sp³-hybridized carbons (Fsp3) is 0.688. The third-order valence-corrected chi connectivity index (χ3v) is 4.72. The molecule has 2 nitrogen and oxygen atoms in total. The van der Waals surface area contributed by atoms with E-state index < -0.39 is 0 Å². The number of Topliss-reactive ketones (excluding diaryl/α,β-unsaturated/α-hetero) is 1. The lowest BCUT2D eigenvalue weighted by Gasteiger charge is -2.28. The number of hydrogen-bond donors (Lipinski definition) is 0. The van der Waals surface area contributed by atoms with Crippen molar-refractivity contribution in [2.45, 2.75) is 53.0 Å². The van der Waals surface area contributed by atoms with Crippen LogP contribution < -0.4 is 0 Å². The smallest absolute Gasteiger partial charge is 0.179 e. The number of aryl methyl sites for hydroxylation is 1. The molecule has 0 saturated heterocycles. The zero-order valence-corrected chi connectivity index (χ0v) is 13.0. The number of halogens is 1. The van der Waals surface area contributed by atoms with Gasteiger partial charge in [-0.25, -0.2) is 0 Å². The monoisotopic (exact) mass is 281 g/mol. The van der Waals surface area contributed by atoms with Crippen molar-refractivity contribution in [3.8, 4) is 0 Å². The quantitative estimate of drug-likeness (QED) is 0.594. The summed E-state index contributed by atoms with van der Waals surface area (Å²) in [5.41, 5.74) is 3.07. The van der Waals surface area contributed by atoms with Crippen molar-refractivity contribution in [3.05, 3.63) is 23.0 Å². The normalized spacial score (nSPS) is 23.6. The SMILES string of the molecule is Cc1cc(C(=O)CCl)c(C)n1CC1CCCC(C)C1. The van der Waals surface area contributed by atoms with E-state index >= 15 is 0 Å². The Bertz CT molecular complexity index is 464. The van der Waals surface area contributed by atoms with Crippen LogP contribution in [0, 0.1) is 25.7 Å². The standard InChI is InChI=1S/C16H24ClNO/c1-11-5-4-6-14(7-11)10-18-12(2)8-15(13(18)3)16(19)9-17/h8,11,14H,4-7,9-10H2,1-3H3. The average molecular weight is 282 g/mol. The predicted molar refractivity (Wildman–Crippen MR) is 80.1 cm³/mol. The van der Waals surface area contributed by atoms with Crippen LogP contribution in [0.5, 0.6) is 0 Å². The Morgan fingerprint density at radius 2 is 2.16 bits per heavy atom. The van der Waals surface area contributed by atoms with Crippen LogP contribution in [0.3, 0.4) is 0 Å². The molecule has 1 aromatic rings. The van der Waals surface area contributed by atoms with Gasteiger partial charge in [-0.3, -0.25) is 4.79 Å². The van der Waals surface area contributed by atoms with Crippen LogP contribution in [0.2, 0.25) is 0 Å². The maximum Gasteiger partial charge on any atom is 0.179 e. The fourth-order valence-corrected chi connectivity index (χ4v) is 3.56. The Morgan fingerprint density at radius 1 is 1.42 bits per heavy atom. The lowest BCUT2D eigenvalue weighted by molar-refractivity contribution is 0.102. The molecule has 0 aliphatic heterocycles. The van der Waals surface area contributed by atoms with Crippen molar-refractivity contribution in [2.24, 2.45) is 11.8 Å². The van der Waals surface area contributed by atoms with Crippen molar-refractivity contribution >= 4 is 17.4 Å². The zero-order valence-electron chi connectivity index (χ0n) is 12.2. The number of nitrogens with zero attached hydrogens (tertiary/aromatic N) is 1. The number of carbonyl (C=O) groups excluding carboxylic acids is 1. The van der Waals surface area contributed by atoms with Crippen molar-refractivity contribution in [2.75, 3.05) is 5.88 Å². The van der Waals surface area contributed by atoms with E-state index in [1.165, 1.54) is 31.4 Å². The van der Waals surface area contributed by atoms with E-state index in [1.54, 1.807) is 0 Å². The van der Waals surface area contributed by atoms with E-state index in [-0.39, 0.29) is 11.7 Å². The molecule has 0 spiro atoms. The number of rotatable bonds is 4. The highest BCUT2D eigenvalue weighted by molar-refractivity contribution is 6.30. The Hall–Kier alpha value is -0.760. The second-order valence-corrected chi connectivity index (χ2v) is 6.36. The van der Waals surface area contributed by atoms with Gasteiger partial charge in [0.05, 0.1) is 5.88 Å². The molecule has 1 heterocycles. The van der Waals surface area contributed by atoms with Crippen LogP contribution in [0.4, 0.5) is 0 Å². The summed E-state index contributed by atoms with van der Waals surface area (Å²) in [6, 6.07) is 1.99. The molecule has 1 aliphatic rings. The van der Waals surface area contributed by atoms with Gasteiger partial charge < -0.3 is 4.57 Å². The number of carbonyl (C=O) groups is 1. The Labute approximate surface area is 121 Å². The molecule has 19 heavy (non-hydrogen) atoms. The number of hydrogen-bond acceptors (Lipinski definition) is 1. The number of aromatic nitrogens is 1. The molecule has 1 saturated carbocycles. The maximum absolute atomic E-state index is 11.8. The molecule has 1 aliphatic carbocycles. The van der Waals surface area contributed by atoms with E-state index in [0.717, 1.165) is 29.6 Å². The van der Waals surface area contributed by atoms with Crippen LogP contribution in [0.1, 0.15) is 54.4 Å². The highest BCUT2D eigenvalue weighted by Crippen LogP contribution is 2.31. The molecule has 1 aromatic heterocycles. The first kappa shape index (κ1) is 14.6. The summed E-state index contributed by atoms with van der Waals surface area (Å²) >= 11 is 5.67. The van der Waals surface area contributed by atoms with Crippen molar-refractivity contribution in [1.29, 1.82) is 0 Å². The predicted octanol–water partition coefficient (Wildman–Crippen LogP) is 4.35. The minimum atomic E-state index is 0.0398. The highest BCUT2D eigenvalue weighted by atomic mass is 35.5. The summed E-state index contributed by atoms with van der Waals surface area (Å²) in [6.45, 7) is 7.53. The lowest BCUT2D eigenvalue weighted by atomic mass is 9.82. The van der Waals surface area contributed by atoms with Crippen molar-refractivity contribution in [1.82, 2.24) is 4.57 Å². The molecule has 0 aromatic carbocycles. The third-order valence-electron chi connectivity index (χ3n) is 4.48. The van der Waals surface area contributed by atoms with E-state index in [2.05, 4.69) is 18.4 Å². The molecule has 0 bridgehead atoms. The van der Waals surface area contributed by atoms with Crippen LogP contribution in [-0.4, -0.2) is 16.2 Å². The molecule has 2 rings (SSSR count). The largest absolute Gasteiger partial charge is 0.348 e. The molecule has 2 unspecified atom stereocenters. The summed E-state index contributed by atoms with van der Waals surface area (Å²) in [4.78, 5) is 11.8. The maximum atomic E-state index is 11.8. The minimum Gasteiger partial charge on any atom is -0.348 e. The topological polar surface area (TPSA) is 22.0 Å². The number of ketones is 1. The first-order valence-electron chi connectivity index (χ1n) is 7.28. The highest BCUT2D eigenvalue weighted by Gasteiger charge is 2.22. The fourth-order valence-electron chi connectivity index (χ4n) is 3.42. The summed E-state index contributed by atoms with van der Waals surface area (Å²) in [7, 11) is 0. The molecular weight excluding hydrogens is 258 g/mol. The van der Waals surface area contributed by atoms with Gasteiger partial charge in [-0.1, -0.05) is 19.8 Å². The van der Waals surface area contributed by atoms with Crippen LogP contribution in [0.25, 0.3) is 0 Å². The van der Waals surface area contributed by atoms with Crippen LogP contribution in [0.15, 0.2) is 6.07 Å². The Morgan fingerprint density at radius 3 is 2.79 bits per heavy atom. The lowest BCUT2D eigenvalue weighted by Crippen LogP contribution is -2.20. The van der Waals surface area contributed by atoms with E-state index in [4.69, 9.17) is 11.6 Å². The van der Waals surface area contributed by atoms with Gasteiger partial charge in [-0.2, -0.15) is 0 Å². The first-order valence-corrected chi connectivity index (χ1v) is 7.82. The van der Waals surface area contributed by atoms with Gasteiger partial charge in [0.25, 0.3) is 0 Å². The first-order chi connectivity index (χ1) is 9.02. The Kier molecular flexibility index (Phi) is 4.72. The van der Waals surface area contributed by atoms with Gasteiger partial charge in [0.2, 0.25) is 0 Å². The zero-order chi connectivity index (χ0) is 14.0. The second-order valence-electron chi connectivity index (χ2n) is 6.09. The molecule has 0 amide bonds. The molecular formula is C16H24ClNO. The summed E-state index contributed by atoms with van der Waals surface area (Å²) in [5.74, 6) is 1.72. The van der Waals surface area contributed by atoms with Crippen molar-refractivity contribution < 1.29 is 4.79 Å². The summed E-state index contributed by atoms with van der Waals surface area (Å²) in [6.07, 6.45) is 5.35. The molecule has 2 atom stereocenters. The van der Waals surface area contributed by atoms with Gasteiger partial charge in [-0.15, -0.1) is 11.6 Å². The van der Waals surface area contributed by atoms with E-state index in [9.17, 15) is 4.79 Å². The summed E-state index contributed by atoms with van der Waals surface area (Å²) < 4.78 is 2.31. The number of alkyl halides is 1. The van der Waals surface area contributed by atoms with Gasteiger partial charge in [-0.05, 0) is 44.6 Å². The Balaban J connectivity index is 2.16. The summed E-state index contributed by atoms with van der Waals surface area (Å²) in [5, 5.41) is 0. The van der Waals surface area contributed by atoms with Crippen LogP contribution in [-0.2, 0) is 6.54 Å². The van der Waals surface area contributed by atoms with Crippen molar-refractivity contribution in [3.63, 3.8) is 0 Å². The minimum absolute atomic E-state index is 0.0398. The third kappa shape index (κ3) is 3.22. The van der Waals surface area contributed by atoms with Gasteiger partial charge >= 0.3 is 0 Å². The molecule has 106 valence electrons. The van der Waals surface area contributed by atoms with Gasteiger partial charge in [0.15, 0.2) is 5.78 Å². The van der Waals surface area contributed by atoms with Crippen LogP contribution >= 0.6 is 11.6 Å². The van der Waals surface area contributed by atoms with Gasteiger partial charge in [0, 0.05) is 23.5 Å². The van der Waals surface area contributed by atoms with E-state index in [0.29, 0.717) is 0 Å². The molecule has 0 N–H and O–H groups in total. The van der Waals surface area contributed by atoms with E-state index in [1.807, 2.05) is 13.0 Å². The average Bonchev–Trinajstić information content (AvgIpc) is 2.66.